The molecule has 1 aliphatic carbocycles. The first-order valence-electron chi connectivity index (χ1n) is 5.68. The second-order valence-electron chi connectivity index (χ2n) is 4.51. The van der Waals surface area contributed by atoms with Gasteiger partial charge in [-0.3, -0.25) is 0 Å². The minimum atomic E-state index is 0.298. The van der Waals surface area contributed by atoms with Crippen molar-refractivity contribution in [2.45, 2.75) is 45.2 Å². The SMILES string of the molecule is CC(NC(C)C1CCC1)c1ccc(Br)o1. The van der Waals surface area contributed by atoms with E-state index >= 15 is 0 Å². The molecule has 1 aromatic heterocycles. The van der Waals surface area contributed by atoms with Crippen LogP contribution in [0.25, 0.3) is 0 Å². The Balaban J connectivity index is 1.88. The van der Waals surface area contributed by atoms with Gasteiger partial charge in [0.05, 0.1) is 6.04 Å². The van der Waals surface area contributed by atoms with E-state index in [1.807, 2.05) is 12.1 Å². The number of furan rings is 1. The van der Waals surface area contributed by atoms with E-state index in [4.69, 9.17) is 4.42 Å². The van der Waals surface area contributed by atoms with Crippen LogP contribution >= 0.6 is 15.9 Å². The topological polar surface area (TPSA) is 25.2 Å². The minimum absolute atomic E-state index is 0.298. The minimum Gasteiger partial charge on any atom is -0.453 e. The molecule has 2 unspecified atom stereocenters. The molecule has 2 rings (SSSR count). The Bertz CT molecular complexity index is 319. The Hall–Kier alpha value is -0.280. The molecule has 1 saturated carbocycles. The summed E-state index contributed by atoms with van der Waals surface area (Å²) in [4.78, 5) is 0. The standard InChI is InChI=1S/C12H18BrNO/c1-8(10-4-3-5-10)14-9(2)11-6-7-12(13)15-11/h6-10,14H,3-5H2,1-2H3. The summed E-state index contributed by atoms with van der Waals surface area (Å²) in [6, 6.07) is 4.86. The number of halogens is 1. The summed E-state index contributed by atoms with van der Waals surface area (Å²) in [5.41, 5.74) is 0. The van der Waals surface area contributed by atoms with E-state index in [-0.39, 0.29) is 0 Å². The Morgan fingerprint density at radius 1 is 1.40 bits per heavy atom. The zero-order valence-electron chi connectivity index (χ0n) is 9.29. The van der Waals surface area contributed by atoms with Gasteiger partial charge in [-0.15, -0.1) is 0 Å². The summed E-state index contributed by atoms with van der Waals surface area (Å²) in [6.07, 6.45) is 4.16. The van der Waals surface area contributed by atoms with Crippen LogP contribution in [0.2, 0.25) is 0 Å². The molecular formula is C12H18BrNO. The molecule has 0 aliphatic heterocycles. The Morgan fingerprint density at radius 2 is 2.13 bits per heavy atom. The first kappa shape index (κ1) is 11.2. The third kappa shape index (κ3) is 2.64. The van der Waals surface area contributed by atoms with Crippen LogP contribution in [-0.2, 0) is 0 Å². The molecule has 0 aromatic carbocycles. The largest absolute Gasteiger partial charge is 0.453 e. The van der Waals surface area contributed by atoms with E-state index in [9.17, 15) is 0 Å². The monoisotopic (exact) mass is 271 g/mol. The third-order valence-corrected chi connectivity index (χ3v) is 3.82. The maximum Gasteiger partial charge on any atom is 0.169 e. The van der Waals surface area contributed by atoms with Crippen molar-refractivity contribution in [3.8, 4) is 0 Å². The van der Waals surface area contributed by atoms with Crippen molar-refractivity contribution < 1.29 is 4.42 Å². The highest BCUT2D eigenvalue weighted by molar-refractivity contribution is 9.10. The summed E-state index contributed by atoms with van der Waals surface area (Å²) in [7, 11) is 0. The number of nitrogens with one attached hydrogen (secondary N) is 1. The molecule has 3 heteroatoms. The highest BCUT2D eigenvalue weighted by atomic mass is 79.9. The van der Waals surface area contributed by atoms with Crippen LogP contribution in [0, 0.1) is 5.92 Å². The molecule has 0 saturated heterocycles. The zero-order valence-corrected chi connectivity index (χ0v) is 10.9. The smallest absolute Gasteiger partial charge is 0.169 e. The lowest BCUT2D eigenvalue weighted by atomic mass is 9.80. The van der Waals surface area contributed by atoms with Crippen molar-refractivity contribution in [2.75, 3.05) is 0 Å². The van der Waals surface area contributed by atoms with Crippen LogP contribution in [0.15, 0.2) is 21.2 Å². The summed E-state index contributed by atoms with van der Waals surface area (Å²) < 4.78 is 6.34. The quantitative estimate of drug-likeness (QED) is 0.899. The van der Waals surface area contributed by atoms with Crippen molar-refractivity contribution in [3.63, 3.8) is 0 Å². The molecule has 1 aromatic rings. The molecule has 2 nitrogen and oxygen atoms in total. The van der Waals surface area contributed by atoms with Gasteiger partial charge < -0.3 is 9.73 Å². The van der Waals surface area contributed by atoms with Crippen molar-refractivity contribution in [3.05, 3.63) is 22.6 Å². The van der Waals surface area contributed by atoms with Gasteiger partial charge in [0, 0.05) is 6.04 Å². The number of hydrogen-bond donors (Lipinski definition) is 1. The Morgan fingerprint density at radius 3 is 2.60 bits per heavy atom. The fraction of sp³-hybridized carbons (Fsp3) is 0.667. The van der Waals surface area contributed by atoms with Crippen LogP contribution in [-0.4, -0.2) is 6.04 Å². The lowest BCUT2D eigenvalue weighted by molar-refractivity contribution is 0.223. The van der Waals surface area contributed by atoms with Crippen molar-refractivity contribution in [1.82, 2.24) is 5.32 Å². The molecule has 2 atom stereocenters. The summed E-state index contributed by atoms with van der Waals surface area (Å²) in [5, 5.41) is 3.60. The van der Waals surface area contributed by atoms with E-state index in [2.05, 4.69) is 35.1 Å². The van der Waals surface area contributed by atoms with Gasteiger partial charge in [-0.25, -0.2) is 0 Å². The molecule has 1 aliphatic rings. The fourth-order valence-electron chi connectivity index (χ4n) is 2.11. The lowest BCUT2D eigenvalue weighted by Gasteiger charge is -2.33. The Labute approximate surface area is 99.6 Å². The van der Waals surface area contributed by atoms with Crippen molar-refractivity contribution in [1.29, 1.82) is 0 Å². The summed E-state index contributed by atoms with van der Waals surface area (Å²) in [6.45, 7) is 4.43. The van der Waals surface area contributed by atoms with E-state index in [0.717, 1.165) is 16.3 Å². The van der Waals surface area contributed by atoms with Gasteiger partial charge >= 0.3 is 0 Å². The molecule has 1 N–H and O–H groups in total. The molecule has 0 spiro atoms. The molecule has 15 heavy (non-hydrogen) atoms. The highest BCUT2D eigenvalue weighted by Crippen LogP contribution is 2.30. The van der Waals surface area contributed by atoms with Crippen molar-refractivity contribution >= 4 is 15.9 Å². The predicted molar refractivity (Wildman–Crippen MR) is 64.8 cm³/mol. The first-order chi connectivity index (χ1) is 7.16. The summed E-state index contributed by atoms with van der Waals surface area (Å²) >= 11 is 3.33. The molecule has 0 bridgehead atoms. The van der Waals surface area contributed by atoms with Crippen LogP contribution < -0.4 is 5.32 Å². The average Bonchev–Trinajstić information content (AvgIpc) is 2.48. The van der Waals surface area contributed by atoms with Gasteiger partial charge in [0.1, 0.15) is 5.76 Å². The van der Waals surface area contributed by atoms with Gasteiger partial charge in [-0.05, 0) is 60.7 Å². The summed E-state index contributed by atoms with van der Waals surface area (Å²) in [5.74, 6) is 1.87. The second-order valence-corrected chi connectivity index (χ2v) is 5.29. The van der Waals surface area contributed by atoms with Gasteiger partial charge in [0.15, 0.2) is 4.67 Å². The van der Waals surface area contributed by atoms with Crippen molar-refractivity contribution in [2.24, 2.45) is 5.92 Å². The lowest BCUT2D eigenvalue weighted by Crippen LogP contribution is -2.38. The molecular weight excluding hydrogens is 254 g/mol. The predicted octanol–water partition coefficient (Wildman–Crippen LogP) is 3.88. The third-order valence-electron chi connectivity index (χ3n) is 3.39. The highest BCUT2D eigenvalue weighted by Gasteiger charge is 2.25. The zero-order chi connectivity index (χ0) is 10.8. The first-order valence-corrected chi connectivity index (χ1v) is 6.47. The normalized spacial score (nSPS) is 21.0. The van der Waals surface area contributed by atoms with E-state index < -0.39 is 0 Å². The van der Waals surface area contributed by atoms with Gasteiger partial charge in [-0.2, -0.15) is 0 Å². The molecule has 84 valence electrons. The molecule has 1 heterocycles. The number of rotatable bonds is 4. The van der Waals surface area contributed by atoms with Crippen LogP contribution in [0.5, 0.6) is 0 Å². The van der Waals surface area contributed by atoms with Crippen LogP contribution in [0.3, 0.4) is 0 Å². The number of hydrogen-bond acceptors (Lipinski definition) is 2. The van der Waals surface area contributed by atoms with Gasteiger partial charge in [0.2, 0.25) is 0 Å². The van der Waals surface area contributed by atoms with Crippen LogP contribution in [0.4, 0.5) is 0 Å². The van der Waals surface area contributed by atoms with E-state index in [1.165, 1.54) is 19.3 Å². The molecule has 1 fully saturated rings. The molecule has 0 amide bonds. The van der Waals surface area contributed by atoms with E-state index in [0.29, 0.717) is 12.1 Å². The Kier molecular flexibility index (Phi) is 3.52. The maximum atomic E-state index is 5.53. The fourth-order valence-corrected chi connectivity index (χ4v) is 2.43. The van der Waals surface area contributed by atoms with Crippen LogP contribution in [0.1, 0.15) is 44.9 Å². The molecule has 0 radical (unpaired) electrons. The van der Waals surface area contributed by atoms with Gasteiger partial charge in [0.25, 0.3) is 0 Å². The van der Waals surface area contributed by atoms with Gasteiger partial charge in [-0.1, -0.05) is 6.42 Å². The van der Waals surface area contributed by atoms with E-state index in [1.54, 1.807) is 0 Å². The maximum absolute atomic E-state index is 5.53. The average molecular weight is 272 g/mol. The second kappa shape index (κ2) is 4.71.